The average molecular weight is 264 g/mol. The molecule has 2 aromatic heterocycles. The van der Waals surface area contributed by atoms with Gasteiger partial charge < -0.3 is 9.32 Å². The van der Waals surface area contributed by atoms with E-state index in [1.165, 1.54) is 0 Å². The van der Waals surface area contributed by atoms with Crippen molar-refractivity contribution < 1.29 is 9.21 Å². The fourth-order valence-corrected chi connectivity index (χ4v) is 2.20. The Morgan fingerprint density at radius 3 is 2.94 bits per heavy atom. The molecule has 96 valence electrons. The van der Waals surface area contributed by atoms with Gasteiger partial charge in [-0.3, -0.25) is 4.79 Å². The maximum absolute atomic E-state index is 11.8. The number of likely N-dealkylation sites (N-methyl/N-ethyl adjacent to an activating group) is 1. The molecule has 0 saturated heterocycles. The summed E-state index contributed by atoms with van der Waals surface area (Å²) in [5.74, 6) is 1.38. The Kier molecular flexibility index (Phi) is 3.81. The van der Waals surface area contributed by atoms with Crippen LogP contribution in [0.15, 0.2) is 21.9 Å². The van der Waals surface area contributed by atoms with E-state index in [9.17, 15) is 4.79 Å². The molecule has 5 heteroatoms. The third kappa shape index (κ3) is 2.61. The molecule has 18 heavy (non-hydrogen) atoms. The Bertz CT molecular complexity index is 531. The second-order valence-corrected chi connectivity index (χ2v) is 5.03. The van der Waals surface area contributed by atoms with Gasteiger partial charge in [0.1, 0.15) is 5.76 Å². The molecular weight excluding hydrogens is 248 g/mol. The maximum Gasteiger partial charge on any atom is 0.236 e. The van der Waals surface area contributed by atoms with Crippen LogP contribution < -0.4 is 0 Å². The summed E-state index contributed by atoms with van der Waals surface area (Å²) in [4.78, 5) is 18.9. The first-order chi connectivity index (χ1) is 8.61. The largest absolute Gasteiger partial charge is 0.440 e. The Morgan fingerprint density at radius 2 is 2.33 bits per heavy atom. The molecule has 1 amide bonds. The molecule has 0 bridgehead atoms. The van der Waals surface area contributed by atoms with Gasteiger partial charge >= 0.3 is 0 Å². The maximum atomic E-state index is 11.8. The zero-order chi connectivity index (χ0) is 13.1. The molecule has 0 aliphatic carbocycles. The van der Waals surface area contributed by atoms with Crippen LogP contribution in [0.1, 0.15) is 18.4 Å². The third-order valence-corrected chi connectivity index (χ3v) is 3.70. The van der Waals surface area contributed by atoms with E-state index in [0.717, 1.165) is 16.3 Å². The van der Waals surface area contributed by atoms with Gasteiger partial charge in [0.2, 0.25) is 11.8 Å². The van der Waals surface area contributed by atoms with E-state index < -0.39 is 0 Å². The Hall–Kier alpha value is -1.62. The molecule has 2 rings (SSSR count). The summed E-state index contributed by atoms with van der Waals surface area (Å²) in [5.41, 5.74) is 0.726. The number of nitrogens with zero attached hydrogens (tertiary/aromatic N) is 2. The predicted octanol–water partition coefficient (Wildman–Crippen LogP) is 2.73. The van der Waals surface area contributed by atoms with Gasteiger partial charge in [0.05, 0.1) is 17.0 Å². The van der Waals surface area contributed by atoms with Crippen molar-refractivity contribution in [1.82, 2.24) is 9.88 Å². The molecule has 0 radical (unpaired) electrons. The fraction of sp³-hybridized carbons (Fsp3) is 0.385. The van der Waals surface area contributed by atoms with Crippen LogP contribution in [0.4, 0.5) is 0 Å². The van der Waals surface area contributed by atoms with Gasteiger partial charge in [-0.1, -0.05) is 6.07 Å². The fourth-order valence-electron chi connectivity index (χ4n) is 1.55. The number of aromatic nitrogens is 1. The number of amides is 1. The second kappa shape index (κ2) is 5.35. The number of carbonyl (C=O) groups excluding carboxylic acids is 1. The average Bonchev–Trinajstić information content (AvgIpc) is 2.98. The van der Waals surface area contributed by atoms with Crippen LogP contribution in [0, 0.1) is 6.92 Å². The Balaban J connectivity index is 2.18. The van der Waals surface area contributed by atoms with Crippen molar-refractivity contribution in [3.05, 3.63) is 29.0 Å². The van der Waals surface area contributed by atoms with Crippen molar-refractivity contribution in [2.45, 2.75) is 20.3 Å². The topological polar surface area (TPSA) is 46.3 Å². The van der Waals surface area contributed by atoms with Gasteiger partial charge in [0, 0.05) is 13.6 Å². The normalized spacial score (nSPS) is 10.6. The number of hydrogen-bond acceptors (Lipinski definition) is 4. The number of oxazole rings is 1. The van der Waals surface area contributed by atoms with Gasteiger partial charge in [-0.05, 0) is 25.3 Å². The first-order valence-electron chi connectivity index (χ1n) is 5.86. The molecule has 0 spiro atoms. The summed E-state index contributed by atoms with van der Waals surface area (Å²) < 4.78 is 5.60. The molecule has 0 fully saturated rings. The standard InChI is InChI=1S/C13H16N2O2S/c1-4-15(3)12(16)8-10-9(2)17-13(14-10)11-6-5-7-18-11/h5-7H,4,8H2,1-3H3. The zero-order valence-electron chi connectivity index (χ0n) is 10.8. The first kappa shape index (κ1) is 12.8. The minimum absolute atomic E-state index is 0.0617. The predicted molar refractivity (Wildman–Crippen MR) is 71.6 cm³/mol. The number of rotatable bonds is 4. The molecule has 0 N–H and O–H groups in total. The smallest absolute Gasteiger partial charge is 0.236 e. The van der Waals surface area contributed by atoms with E-state index >= 15 is 0 Å². The van der Waals surface area contributed by atoms with Crippen molar-refractivity contribution in [3.63, 3.8) is 0 Å². The zero-order valence-corrected chi connectivity index (χ0v) is 11.6. The minimum Gasteiger partial charge on any atom is -0.440 e. The highest BCUT2D eigenvalue weighted by Gasteiger charge is 2.16. The highest BCUT2D eigenvalue weighted by molar-refractivity contribution is 7.13. The van der Waals surface area contributed by atoms with Crippen LogP contribution in [0.2, 0.25) is 0 Å². The summed E-state index contributed by atoms with van der Waals surface area (Å²) >= 11 is 1.58. The molecule has 0 aromatic carbocycles. The van der Waals surface area contributed by atoms with E-state index in [2.05, 4.69) is 4.98 Å². The van der Waals surface area contributed by atoms with Gasteiger partial charge in [-0.25, -0.2) is 4.98 Å². The van der Waals surface area contributed by atoms with Gasteiger partial charge in [-0.15, -0.1) is 11.3 Å². The quantitative estimate of drug-likeness (QED) is 0.853. The SMILES string of the molecule is CCN(C)C(=O)Cc1nc(-c2cccs2)oc1C. The third-order valence-electron chi connectivity index (χ3n) is 2.84. The van der Waals surface area contributed by atoms with Crippen LogP contribution in [0.3, 0.4) is 0 Å². The molecule has 0 saturated carbocycles. The summed E-state index contributed by atoms with van der Waals surface area (Å²) in [5, 5.41) is 1.98. The molecule has 0 aliphatic heterocycles. The van der Waals surface area contributed by atoms with Gasteiger partial charge in [0.15, 0.2) is 0 Å². The molecule has 0 atom stereocenters. The molecule has 0 aliphatic rings. The Morgan fingerprint density at radius 1 is 1.56 bits per heavy atom. The van der Waals surface area contributed by atoms with Crippen molar-refractivity contribution in [2.24, 2.45) is 0 Å². The second-order valence-electron chi connectivity index (χ2n) is 4.08. The molecular formula is C13H16N2O2S. The van der Waals surface area contributed by atoms with Crippen LogP contribution in [-0.4, -0.2) is 29.4 Å². The van der Waals surface area contributed by atoms with Crippen LogP contribution in [0.5, 0.6) is 0 Å². The summed E-state index contributed by atoms with van der Waals surface area (Å²) in [6.07, 6.45) is 0.297. The number of hydrogen-bond donors (Lipinski definition) is 0. The lowest BCUT2D eigenvalue weighted by atomic mass is 10.2. The molecule has 2 heterocycles. The van der Waals surface area contributed by atoms with E-state index in [-0.39, 0.29) is 5.91 Å². The van der Waals surface area contributed by atoms with Crippen molar-refractivity contribution in [1.29, 1.82) is 0 Å². The monoisotopic (exact) mass is 264 g/mol. The molecule has 2 aromatic rings. The van der Waals surface area contributed by atoms with Crippen LogP contribution in [0.25, 0.3) is 10.8 Å². The first-order valence-corrected chi connectivity index (χ1v) is 6.74. The summed E-state index contributed by atoms with van der Waals surface area (Å²) in [6, 6.07) is 3.91. The van der Waals surface area contributed by atoms with E-state index in [4.69, 9.17) is 4.42 Å². The summed E-state index contributed by atoms with van der Waals surface area (Å²) in [7, 11) is 1.79. The lowest BCUT2D eigenvalue weighted by Gasteiger charge is -2.13. The molecule has 4 nitrogen and oxygen atoms in total. The number of thiophene rings is 1. The summed E-state index contributed by atoms with van der Waals surface area (Å²) in [6.45, 7) is 4.50. The van der Waals surface area contributed by atoms with E-state index in [1.807, 2.05) is 31.4 Å². The lowest BCUT2D eigenvalue weighted by Crippen LogP contribution is -2.28. The van der Waals surface area contributed by atoms with Gasteiger partial charge in [0.25, 0.3) is 0 Å². The Labute approximate surface area is 110 Å². The highest BCUT2D eigenvalue weighted by atomic mass is 32.1. The molecule has 0 unspecified atom stereocenters. The van der Waals surface area contributed by atoms with Crippen LogP contribution >= 0.6 is 11.3 Å². The number of carbonyl (C=O) groups is 1. The lowest BCUT2D eigenvalue weighted by molar-refractivity contribution is -0.129. The minimum atomic E-state index is 0.0617. The van der Waals surface area contributed by atoms with Crippen molar-refractivity contribution in [3.8, 4) is 10.8 Å². The van der Waals surface area contributed by atoms with Crippen molar-refractivity contribution in [2.75, 3.05) is 13.6 Å². The highest BCUT2D eigenvalue weighted by Crippen LogP contribution is 2.26. The number of aryl methyl sites for hydroxylation is 1. The van der Waals surface area contributed by atoms with E-state index in [1.54, 1.807) is 23.3 Å². The van der Waals surface area contributed by atoms with Gasteiger partial charge in [-0.2, -0.15) is 0 Å². The van der Waals surface area contributed by atoms with Crippen LogP contribution in [-0.2, 0) is 11.2 Å². The van der Waals surface area contributed by atoms with Crippen molar-refractivity contribution >= 4 is 17.2 Å². The van der Waals surface area contributed by atoms with E-state index in [0.29, 0.717) is 18.9 Å².